The molecule has 0 saturated heterocycles. The van der Waals surface area contributed by atoms with Gasteiger partial charge in [-0.05, 0) is 32.2 Å². The molecular formula is C10H20N2O2. The number of rotatable bonds is 3. The number of methoxy groups -OCH3 is 1. The van der Waals surface area contributed by atoms with E-state index in [2.05, 4.69) is 22.3 Å². The number of ether oxygens (including phenoxy) is 1. The molecule has 1 fully saturated rings. The van der Waals surface area contributed by atoms with E-state index < -0.39 is 0 Å². The van der Waals surface area contributed by atoms with E-state index in [0.717, 1.165) is 32.2 Å². The van der Waals surface area contributed by atoms with Crippen LogP contribution in [0.4, 0.5) is 4.79 Å². The molecule has 0 aromatic heterocycles. The first-order valence-corrected chi connectivity index (χ1v) is 5.34. The predicted octanol–water partition coefficient (Wildman–Crippen LogP) is 1.26. The SMILES string of the molecule is CCNC1CCC(NC(=O)OC)CC1. The zero-order valence-corrected chi connectivity index (χ0v) is 9.01. The molecule has 1 aliphatic carbocycles. The van der Waals surface area contributed by atoms with Crippen LogP contribution < -0.4 is 10.6 Å². The Kier molecular flexibility index (Phi) is 4.73. The number of nitrogens with one attached hydrogen (secondary N) is 2. The van der Waals surface area contributed by atoms with Gasteiger partial charge in [0.1, 0.15) is 0 Å². The van der Waals surface area contributed by atoms with Crippen LogP contribution in [0.25, 0.3) is 0 Å². The smallest absolute Gasteiger partial charge is 0.407 e. The third-order valence-electron chi connectivity index (χ3n) is 2.73. The molecule has 2 N–H and O–H groups in total. The molecule has 1 saturated carbocycles. The van der Waals surface area contributed by atoms with Gasteiger partial charge in [0.25, 0.3) is 0 Å². The zero-order chi connectivity index (χ0) is 10.4. The topological polar surface area (TPSA) is 50.4 Å². The van der Waals surface area contributed by atoms with Gasteiger partial charge >= 0.3 is 6.09 Å². The van der Waals surface area contributed by atoms with E-state index in [-0.39, 0.29) is 6.09 Å². The van der Waals surface area contributed by atoms with Gasteiger partial charge in [-0.1, -0.05) is 6.92 Å². The minimum Gasteiger partial charge on any atom is -0.453 e. The lowest BCUT2D eigenvalue weighted by Crippen LogP contribution is -2.42. The van der Waals surface area contributed by atoms with Crippen LogP contribution in [0.5, 0.6) is 0 Å². The largest absolute Gasteiger partial charge is 0.453 e. The fourth-order valence-corrected chi connectivity index (χ4v) is 1.96. The highest BCUT2D eigenvalue weighted by atomic mass is 16.5. The highest BCUT2D eigenvalue weighted by Crippen LogP contribution is 2.18. The van der Waals surface area contributed by atoms with Crippen molar-refractivity contribution in [3.8, 4) is 0 Å². The number of carbonyl (C=O) groups is 1. The molecular weight excluding hydrogens is 180 g/mol. The minimum atomic E-state index is -0.308. The van der Waals surface area contributed by atoms with Gasteiger partial charge in [0.2, 0.25) is 0 Å². The van der Waals surface area contributed by atoms with E-state index in [4.69, 9.17) is 0 Å². The molecule has 4 nitrogen and oxygen atoms in total. The van der Waals surface area contributed by atoms with E-state index >= 15 is 0 Å². The van der Waals surface area contributed by atoms with Crippen LogP contribution in [-0.4, -0.2) is 31.8 Å². The summed E-state index contributed by atoms with van der Waals surface area (Å²) >= 11 is 0. The van der Waals surface area contributed by atoms with Crippen LogP contribution in [0.2, 0.25) is 0 Å². The van der Waals surface area contributed by atoms with Crippen molar-refractivity contribution in [2.75, 3.05) is 13.7 Å². The Morgan fingerprint density at radius 1 is 1.29 bits per heavy atom. The highest BCUT2D eigenvalue weighted by Gasteiger charge is 2.21. The summed E-state index contributed by atoms with van der Waals surface area (Å²) in [4.78, 5) is 10.9. The maximum atomic E-state index is 10.9. The van der Waals surface area contributed by atoms with Gasteiger partial charge < -0.3 is 15.4 Å². The van der Waals surface area contributed by atoms with Gasteiger partial charge in [-0.15, -0.1) is 0 Å². The summed E-state index contributed by atoms with van der Waals surface area (Å²) in [6.07, 6.45) is 4.07. The third kappa shape index (κ3) is 3.54. The monoisotopic (exact) mass is 200 g/mol. The van der Waals surface area contributed by atoms with Gasteiger partial charge in [-0.3, -0.25) is 0 Å². The zero-order valence-electron chi connectivity index (χ0n) is 9.01. The molecule has 1 rings (SSSR count). The molecule has 4 heteroatoms. The second kappa shape index (κ2) is 5.86. The molecule has 0 unspecified atom stereocenters. The lowest BCUT2D eigenvalue weighted by atomic mass is 9.91. The second-order valence-electron chi connectivity index (χ2n) is 3.74. The second-order valence-corrected chi connectivity index (χ2v) is 3.74. The molecule has 0 aromatic rings. The summed E-state index contributed by atoms with van der Waals surface area (Å²) in [6, 6.07) is 0.938. The van der Waals surface area contributed by atoms with Crippen molar-refractivity contribution in [1.29, 1.82) is 0 Å². The molecule has 1 aliphatic rings. The van der Waals surface area contributed by atoms with Crippen molar-refractivity contribution in [3.05, 3.63) is 0 Å². The standard InChI is InChI=1S/C10H20N2O2/c1-3-11-8-4-6-9(7-5-8)12-10(13)14-2/h8-9,11H,3-7H2,1-2H3,(H,12,13). The predicted molar refractivity (Wildman–Crippen MR) is 55.3 cm³/mol. The molecule has 0 radical (unpaired) electrons. The molecule has 0 spiro atoms. The van der Waals surface area contributed by atoms with Crippen LogP contribution in [0.1, 0.15) is 32.6 Å². The summed E-state index contributed by atoms with van der Waals surface area (Å²) in [6.45, 7) is 3.15. The van der Waals surface area contributed by atoms with Gasteiger partial charge in [0.05, 0.1) is 7.11 Å². The molecule has 82 valence electrons. The summed E-state index contributed by atoms with van der Waals surface area (Å²) in [5.74, 6) is 0. The highest BCUT2D eigenvalue weighted by molar-refractivity contribution is 5.67. The number of hydrogen-bond acceptors (Lipinski definition) is 3. The maximum absolute atomic E-state index is 10.9. The normalized spacial score (nSPS) is 27.0. The van der Waals surface area contributed by atoms with Crippen molar-refractivity contribution in [2.24, 2.45) is 0 Å². The van der Waals surface area contributed by atoms with Crippen LogP contribution in [0.15, 0.2) is 0 Å². The Labute approximate surface area is 85.4 Å². The minimum absolute atomic E-state index is 0.303. The van der Waals surface area contributed by atoms with E-state index in [9.17, 15) is 4.79 Å². The lowest BCUT2D eigenvalue weighted by Gasteiger charge is -2.29. The van der Waals surface area contributed by atoms with Crippen molar-refractivity contribution in [3.63, 3.8) is 0 Å². The summed E-state index contributed by atoms with van der Waals surface area (Å²) in [5.41, 5.74) is 0. The Morgan fingerprint density at radius 3 is 2.36 bits per heavy atom. The Hall–Kier alpha value is -0.770. The molecule has 14 heavy (non-hydrogen) atoms. The first kappa shape index (κ1) is 11.3. The van der Waals surface area contributed by atoms with Gasteiger partial charge in [0.15, 0.2) is 0 Å². The van der Waals surface area contributed by atoms with Crippen LogP contribution in [-0.2, 0) is 4.74 Å². The van der Waals surface area contributed by atoms with Crippen LogP contribution in [0.3, 0.4) is 0 Å². The molecule has 0 aliphatic heterocycles. The maximum Gasteiger partial charge on any atom is 0.407 e. The molecule has 0 bridgehead atoms. The van der Waals surface area contributed by atoms with Crippen molar-refractivity contribution in [2.45, 2.75) is 44.7 Å². The van der Waals surface area contributed by atoms with Crippen molar-refractivity contribution < 1.29 is 9.53 Å². The lowest BCUT2D eigenvalue weighted by molar-refractivity contribution is 0.161. The van der Waals surface area contributed by atoms with Crippen molar-refractivity contribution in [1.82, 2.24) is 10.6 Å². The van der Waals surface area contributed by atoms with E-state index in [1.807, 2.05) is 0 Å². The number of carbonyl (C=O) groups excluding carboxylic acids is 1. The average molecular weight is 200 g/mol. The first-order valence-electron chi connectivity index (χ1n) is 5.34. The third-order valence-corrected chi connectivity index (χ3v) is 2.73. The molecule has 0 aromatic carbocycles. The fourth-order valence-electron chi connectivity index (χ4n) is 1.96. The molecule has 0 atom stereocenters. The molecule has 1 amide bonds. The van der Waals surface area contributed by atoms with Crippen LogP contribution >= 0.6 is 0 Å². The fraction of sp³-hybridized carbons (Fsp3) is 0.900. The van der Waals surface area contributed by atoms with E-state index in [0.29, 0.717) is 12.1 Å². The van der Waals surface area contributed by atoms with Crippen molar-refractivity contribution >= 4 is 6.09 Å². The van der Waals surface area contributed by atoms with Gasteiger partial charge in [0, 0.05) is 12.1 Å². The molecule has 0 heterocycles. The van der Waals surface area contributed by atoms with Crippen LogP contribution in [0, 0.1) is 0 Å². The Bertz CT molecular complexity index is 177. The summed E-state index contributed by atoms with van der Waals surface area (Å²) in [7, 11) is 1.40. The Morgan fingerprint density at radius 2 is 1.86 bits per heavy atom. The van der Waals surface area contributed by atoms with Gasteiger partial charge in [-0.25, -0.2) is 4.79 Å². The summed E-state index contributed by atoms with van der Waals surface area (Å²) < 4.78 is 4.56. The number of alkyl carbamates (subject to hydrolysis) is 1. The first-order chi connectivity index (χ1) is 6.76. The van der Waals surface area contributed by atoms with Gasteiger partial charge in [-0.2, -0.15) is 0 Å². The van der Waals surface area contributed by atoms with E-state index in [1.54, 1.807) is 0 Å². The quantitative estimate of drug-likeness (QED) is 0.721. The number of hydrogen-bond donors (Lipinski definition) is 2. The summed E-state index contributed by atoms with van der Waals surface area (Å²) in [5, 5.41) is 6.27. The van der Waals surface area contributed by atoms with E-state index in [1.165, 1.54) is 7.11 Å². The average Bonchev–Trinajstić information content (AvgIpc) is 2.21. The Balaban J connectivity index is 2.18. The number of amides is 1.